The molecule has 2 amide bonds. The maximum Gasteiger partial charge on any atom is 0.253 e. The summed E-state index contributed by atoms with van der Waals surface area (Å²) in [6, 6.07) is 10.9. The van der Waals surface area contributed by atoms with E-state index in [1.54, 1.807) is 17.0 Å². The Morgan fingerprint density at radius 2 is 1.75 bits per heavy atom. The summed E-state index contributed by atoms with van der Waals surface area (Å²) in [4.78, 5) is 28.8. The van der Waals surface area contributed by atoms with Gasteiger partial charge in [-0.25, -0.2) is 0 Å². The van der Waals surface area contributed by atoms with Crippen molar-refractivity contribution in [1.29, 1.82) is 0 Å². The van der Waals surface area contributed by atoms with Crippen LogP contribution in [0, 0.1) is 13.8 Å². The molecule has 5 nitrogen and oxygen atoms in total. The van der Waals surface area contributed by atoms with Gasteiger partial charge in [0, 0.05) is 36.9 Å². The lowest BCUT2D eigenvalue weighted by molar-refractivity contribution is -0.130. The molecule has 0 radical (unpaired) electrons. The van der Waals surface area contributed by atoms with Crippen LogP contribution in [0.5, 0.6) is 0 Å². The third-order valence-corrected chi connectivity index (χ3v) is 5.67. The zero-order chi connectivity index (χ0) is 20.3. The highest BCUT2D eigenvalue weighted by molar-refractivity contribution is 6.36. The minimum atomic E-state index is -0.385. The second-order valence-electron chi connectivity index (χ2n) is 6.89. The molecule has 28 heavy (non-hydrogen) atoms. The smallest absolute Gasteiger partial charge is 0.253 e. The van der Waals surface area contributed by atoms with Gasteiger partial charge in [0.1, 0.15) is 0 Å². The first kappa shape index (κ1) is 20.5. The molecule has 1 N–H and O–H groups in total. The van der Waals surface area contributed by atoms with E-state index in [9.17, 15) is 9.59 Å². The van der Waals surface area contributed by atoms with E-state index in [0.717, 1.165) is 13.1 Å². The number of carbonyl (C=O) groups excluding carboxylic acids is 2. The Morgan fingerprint density at radius 1 is 1.04 bits per heavy atom. The zero-order valence-corrected chi connectivity index (χ0v) is 17.5. The highest BCUT2D eigenvalue weighted by Gasteiger charge is 2.23. The highest BCUT2D eigenvalue weighted by Crippen LogP contribution is 2.24. The lowest BCUT2D eigenvalue weighted by Crippen LogP contribution is -2.51. The summed E-state index contributed by atoms with van der Waals surface area (Å²) in [5.41, 5.74) is 4.06. The fourth-order valence-corrected chi connectivity index (χ4v) is 3.81. The molecule has 0 aliphatic carbocycles. The van der Waals surface area contributed by atoms with E-state index in [1.807, 2.05) is 0 Å². The van der Waals surface area contributed by atoms with Crippen molar-refractivity contribution in [2.24, 2.45) is 0 Å². The van der Waals surface area contributed by atoms with Crippen molar-refractivity contribution < 1.29 is 9.59 Å². The van der Waals surface area contributed by atoms with Crippen LogP contribution in [-0.4, -0.2) is 49.4 Å². The third-order valence-electron chi connectivity index (χ3n) is 5.13. The van der Waals surface area contributed by atoms with E-state index < -0.39 is 0 Å². The van der Waals surface area contributed by atoms with Gasteiger partial charge in [-0.1, -0.05) is 35.3 Å². The number of amides is 2. The van der Waals surface area contributed by atoms with Gasteiger partial charge in [-0.15, -0.1) is 0 Å². The second kappa shape index (κ2) is 8.84. The zero-order valence-electron chi connectivity index (χ0n) is 16.0. The number of hydrogen-bond acceptors (Lipinski definition) is 3. The molecule has 0 bridgehead atoms. The molecule has 2 aromatic rings. The van der Waals surface area contributed by atoms with Crippen molar-refractivity contribution in [3.63, 3.8) is 0 Å². The lowest BCUT2D eigenvalue weighted by atomic mass is 10.1. The summed E-state index contributed by atoms with van der Waals surface area (Å²) >= 11 is 11.9. The molecule has 0 saturated carbocycles. The number of nitrogens with one attached hydrogen (secondary N) is 1. The molecule has 0 aromatic heterocycles. The predicted molar refractivity (Wildman–Crippen MR) is 114 cm³/mol. The van der Waals surface area contributed by atoms with Crippen molar-refractivity contribution in [2.75, 3.05) is 37.6 Å². The van der Waals surface area contributed by atoms with Crippen LogP contribution in [0.4, 0.5) is 5.69 Å². The molecule has 1 heterocycles. The van der Waals surface area contributed by atoms with Crippen molar-refractivity contribution in [1.82, 2.24) is 10.2 Å². The Kier molecular flexibility index (Phi) is 6.47. The Bertz CT molecular complexity index is 893. The quantitative estimate of drug-likeness (QED) is 0.821. The molecule has 0 spiro atoms. The summed E-state index contributed by atoms with van der Waals surface area (Å²) < 4.78 is 0. The highest BCUT2D eigenvalue weighted by atomic mass is 35.5. The molecular formula is C21H23Cl2N3O2. The monoisotopic (exact) mass is 419 g/mol. The second-order valence-corrected chi connectivity index (χ2v) is 7.74. The van der Waals surface area contributed by atoms with Crippen molar-refractivity contribution in [3.8, 4) is 0 Å². The summed E-state index contributed by atoms with van der Waals surface area (Å²) in [5, 5.41) is 3.37. The number of nitrogens with zero attached hydrogens (tertiary/aromatic N) is 2. The Balaban J connectivity index is 1.52. The van der Waals surface area contributed by atoms with Gasteiger partial charge in [0.25, 0.3) is 5.91 Å². The van der Waals surface area contributed by atoms with Crippen LogP contribution < -0.4 is 10.2 Å². The van der Waals surface area contributed by atoms with Gasteiger partial charge in [0.05, 0.1) is 17.1 Å². The first-order valence-electron chi connectivity index (χ1n) is 9.19. The lowest BCUT2D eigenvalue weighted by Gasteiger charge is -2.37. The molecule has 7 heteroatoms. The molecule has 1 aliphatic heterocycles. The van der Waals surface area contributed by atoms with Crippen LogP contribution in [0.3, 0.4) is 0 Å². The Hall–Kier alpha value is -2.24. The topological polar surface area (TPSA) is 52.6 Å². The number of anilines is 1. The summed E-state index contributed by atoms with van der Waals surface area (Å²) in [5.74, 6) is -0.483. The van der Waals surface area contributed by atoms with E-state index >= 15 is 0 Å². The molecule has 1 saturated heterocycles. The van der Waals surface area contributed by atoms with E-state index in [0.29, 0.717) is 23.7 Å². The molecule has 1 aliphatic rings. The fraction of sp³-hybridized carbons (Fsp3) is 0.333. The third kappa shape index (κ3) is 4.59. The van der Waals surface area contributed by atoms with Crippen LogP contribution in [0.2, 0.25) is 10.0 Å². The standard InChI is InChI=1S/C21H23Cl2N3O2/c1-14-4-3-5-19(15(14)2)25-8-10-26(11-9-25)20(27)13-24-21(28)17-7-6-16(22)12-18(17)23/h3-7,12H,8-11,13H2,1-2H3,(H,24,28). The van der Waals surface area contributed by atoms with Crippen molar-refractivity contribution >= 4 is 40.7 Å². The SMILES string of the molecule is Cc1cccc(N2CCN(C(=O)CNC(=O)c3ccc(Cl)cc3Cl)CC2)c1C. The molecule has 0 atom stereocenters. The number of benzene rings is 2. The minimum absolute atomic E-state index is 0.0543. The van der Waals surface area contributed by atoms with Crippen LogP contribution in [0.1, 0.15) is 21.5 Å². The van der Waals surface area contributed by atoms with Crippen molar-refractivity contribution in [2.45, 2.75) is 13.8 Å². The van der Waals surface area contributed by atoms with Gasteiger partial charge in [0.15, 0.2) is 0 Å². The largest absolute Gasteiger partial charge is 0.368 e. The number of carbonyl (C=O) groups is 2. The summed E-state index contributed by atoms with van der Waals surface area (Å²) in [7, 11) is 0. The minimum Gasteiger partial charge on any atom is -0.368 e. The molecule has 3 rings (SSSR count). The van der Waals surface area contributed by atoms with Crippen LogP contribution in [0.25, 0.3) is 0 Å². The van der Waals surface area contributed by atoms with Gasteiger partial charge < -0.3 is 15.1 Å². The fourth-order valence-electron chi connectivity index (χ4n) is 3.31. The molecular weight excluding hydrogens is 397 g/mol. The molecule has 148 valence electrons. The van der Waals surface area contributed by atoms with Gasteiger partial charge >= 0.3 is 0 Å². The van der Waals surface area contributed by atoms with Crippen LogP contribution in [0.15, 0.2) is 36.4 Å². The van der Waals surface area contributed by atoms with Crippen LogP contribution in [-0.2, 0) is 4.79 Å². The first-order valence-corrected chi connectivity index (χ1v) is 9.94. The van der Waals surface area contributed by atoms with E-state index in [-0.39, 0.29) is 23.4 Å². The van der Waals surface area contributed by atoms with E-state index in [1.165, 1.54) is 22.9 Å². The number of halogens is 2. The van der Waals surface area contributed by atoms with E-state index in [2.05, 4.69) is 42.3 Å². The summed E-state index contributed by atoms with van der Waals surface area (Å²) in [6.45, 7) is 6.97. The molecule has 2 aromatic carbocycles. The van der Waals surface area contributed by atoms with Gasteiger partial charge in [-0.3, -0.25) is 9.59 Å². The van der Waals surface area contributed by atoms with Gasteiger partial charge in [-0.05, 0) is 49.2 Å². The number of aryl methyl sites for hydroxylation is 1. The first-order chi connectivity index (χ1) is 13.4. The Labute approximate surface area is 175 Å². The Morgan fingerprint density at radius 3 is 2.43 bits per heavy atom. The van der Waals surface area contributed by atoms with E-state index in [4.69, 9.17) is 23.2 Å². The van der Waals surface area contributed by atoms with Gasteiger partial charge in [-0.2, -0.15) is 0 Å². The molecule has 0 unspecified atom stereocenters. The average molecular weight is 420 g/mol. The number of piperazine rings is 1. The molecule has 1 fully saturated rings. The summed E-state index contributed by atoms with van der Waals surface area (Å²) in [6.07, 6.45) is 0. The van der Waals surface area contributed by atoms with Gasteiger partial charge in [0.2, 0.25) is 5.91 Å². The number of hydrogen-bond donors (Lipinski definition) is 1. The number of rotatable bonds is 4. The van der Waals surface area contributed by atoms with Crippen molar-refractivity contribution in [3.05, 3.63) is 63.1 Å². The maximum atomic E-state index is 12.5. The van der Waals surface area contributed by atoms with Crippen LogP contribution >= 0.6 is 23.2 Å². The maximum absolute atomic E-state index is 12.5. The predicted octanol–water partition coefficient (Wildman–Crippen LogP) is 3.69. The normalized spacial score (nSPS) is 14.1. The average Bonchev–Trinajstić information content (AvgIpc) is 2.68.